The summed E-state index contributed by atoms with van der Waals surface area (Å²) in [7, 11) is 0. The van der Waals surface area contributed by atoms with Crippen molar-refractivity contribution < 1.29 is 8.83 Å². The van der Waals surface area contributed by atoms with Crippen molar-refractivity contribution in [2.45, 2.75) is 173 Å². The van der Waals surface area contributed by atoms with Crippen LogP contribution in [0.15, 0.2) is 300 Å². The van der Waals surface area contributed by atoms with Gasteiger partial charge in [0.2, 0.25) is 0 Å². The standard InChI is InChI=1S/C117H102N2O2/c1-11-13-15-17-32-62-117(63-33-18-16-14-12-2)93-42-28-22-36-80(93)83-58-52-75(66-98(83)117)74-51-57-82-81-56-50-73(64-94(81)113(3,4)95(82)65-74)71-46-48-72(49-47-71)90-70-99-104(106-88-39-25-30-44-102(88)120-111(90)106)86-59-53-78(68-96(86)114(99,5)6)118(77-55-61-101-91(67-77)84-37-24-29-43-100(84)119(101)76-34-20-19-21-35-76)79-54-60-87-97(69-79)116(9,10)110-108(87)112-107(89-40-26-31-45-103(89)121-112)105-85-38-23-27-41-92(85)115(7,8)109(105)110/h19-31,34-61,64-70H,11-18,32-33,62-63H2,1-10H3. The Morgan fingerprint density at radius 3 is 1.36 bits per heavy atom. The molecule has 3 aromatic heterocycles. The highest BCUT2D eigenvalue weighted by Crippen LogP contribution is 2.65. The minimum Gasteiger partial charge on any atom is -0.455 e. The fraction of sp³-hybridized carbons (Fsp3) is 0.231. The largest absolute Gasteiger partial charge is 0.455 e. The molecule has 592 valence electrons. The van der Waals surface area contributed by atoms with Crippen molar-refractivity contribution in [2.75, 3.05) is 4.90 Å². The summed E-state index contributed by atoms with van der Waals surface area (Å²) in [6.45, 7) is 24.3. The molecule has 0 aliphatic heterocycles. The number of benzene rings is 15. The van der Waals surface area contributed by atoms with Crippen LogP contribution in [0.4, 0.5) is 17.1 Å². The van der Waals surface area contributed by atoms with Crippen LogP contribution in [0.25, 0.3) is 160 Å². The molecule has 0 N–H and O–H groups in total. The van der Waals surface area contributed by atoms with Gasteiger partial charge in [0, 0.05) is 93.3 Å². The number of furan rings is 2. The van der Waals surface area contributed by atoms with Gasteiger partial charge in [0.25, 0.3) is 0 Å². The quantitative estimate of drug-likeness (QED) is 0.0757. The molecule has 4 nitrogen and oxygen atoms in total. The molecule has 15 aromatic carbocycles. The van der Waals surface area contributed by atoms with Gasteiger partial charge in [-0.05, 0) is 243 Å². The van der Waals surface area contributed by atoms with Gasteiger partial charge in [-0.25, -0.2) is 0 Å². The number of rotatable bonds is 19. The molecule has 0 amide bonds. The summed E-state index contributed by atoms with van der Waals surface area (Å²) >= 11 is 0. The number of nitrogens with zero attached hydrogens (tertiary/aromatic N) is 2. The Labute approximate surface area is 711 Å². The molecule has 0 unspecified atom stereocenters. The van der Waals surface area contributed by atoms with Crippen molar-refractivity contribution in [3.8, 4) is 94.7 Å². The van der Waals surface area contributed by atoms with Gasteiger partial charge in [0.15, 0.2) is 0 Å². The lowest BCUT2D eigenvalue weighted by atomic mass is 9.70. The summed E-state index contributed by atoms with van der Waals surface area (Å²) < 4.78 is 16.9. The molecule has 0 fully saturated rings. The number of hydrogen-bond donors (Lipinski definition) is 0. The molecule has 121 heavy (non-hydrogen) atoms. The van der Waals surface area contributed by atoms with E-state index in [-0.39, 0.29) is 16.2 Å². The number of aromatic nitrogens is 1. The predicted octanol–water partition coefficient (Wildman–Crippen LogP) is 33.3. The Kier molecular flexibility index (Phi) is 16.6. The van der Waals surface area contributed by atoms with Crippen molar-refractivity contribution >= 4 is 82.7 Å². The van der Waals surface area contributed by atoms with Crippen molar-refractivity contribution in [3.05, 3.63) is 347 Å². The summed E-state index contributed by atoms with van der Waals surface area (Å²) in [4.78, 5) is 2.55. The smallest absolute Gasteiger partial charge is 0.144 e. The first-order valence-corrected chi connectivity index (χ1v) is 44.9. The zero-order chi connectivity index (χ0) is 81.7. The summed E-state index contributed by atoms with van der Waals surface area (Å²) in [5.41, 5.74) is 43.6. The van der Waals surface area contributed by atoms with Gasteiger partial charge < -0.3 is 18.3 Å². The minimum absolute atomic E-state index is 0.0369. The molecule has 4 heteroatoms. The second kappa shape index (κ2) is 27.3. The summed E-state index contributed by atoms with van der Waals surface area (Å²) in [6, 6.07) is 111. The minimum atomic E-state index is -0.430. The normalized spacial score (nSPS) is 15.3. The second-order valence-electron chi connectivity index (χ2n) is 38.0. The van der Waals surface area contributed by atoms with Crippen molar-refractivity contribution in [1.82, 2.24) is 4.57 Å². The highest BCUT2D eigenvalue weighted by Gasteiger charge is 2.50. The van der Waals surface area contributed by atoms with Crippen LogP contribution in [0, 0.1) is 0 Å². The second-order valence-corrected chi connectivity index (χ2v) is 38.0. The van der Waals surface area contributed by atoms with Gasteiger partial charge >= 0.3 is 0 Å². The Bertz CT molecular complexity index is 7350. The van der Waals surface area contributed by atoms with Crippen molar-refractivity contribution in [1.29, 1.82) is 0 Å². The highest BCUT2D eigenvalue weighted by molar-refractivity contribution is 6.22. The lowest BCUT2D eigenvalue weighted by Gasteiger charge is -2.33. The van der Waals surface area contributed by atoms with Gasteiger partial charge in [-0.1, -0.05) is 328 Å². The average molecular weight is 1570 g/mol. The number of fused-ring (bicyclic) bond motifs is 28. The average Bonchev–Trinajstić information content (AvgIpc) is 1.50. The van der Waals surface area contributed by atoms with E-state index in [9.17, 15) is 0 Å². The van der Waals surface area contributed by atoms with E-state index in [1.165, 1.54) is 232 Å². The monoisotopic (exact) mass is 1570 g/mol. The molecule has 0 spiro atoms. The van der Waals surface area contributed by atoms with Crippen molar-refractivity contribution in [2.24, 2.45) is 0 Å². The van der Waals surface area contributed by atoms with E-state index < -0.39 is 10.8 Å². The maximum Gasteiger partial charge on any atom is 0.144 e. The fourth-order valence-electron chi connectivity index (χ4n) is 23.8. The van der Waals surface area contributed by atoms with Crippen LogP contribution in [-0.2, 0) is 27.1 Å². The van der Waals surface area contributed by atoms with E-state index in [0.717, 1.165) is 67.0 Å². The lowest BCUT2D eigenvalue weighted by Crippen LogP contribution is -2.25. The summed E-state index contributed by atoms with van der Waals surface area (Å²) in [6.07, 6.45) is 15.4. The summed E-state index contributed by atoms with van der Waals surface area (Å²) in [5.74, 6) is 0. The van der Waals surface area contributed by atoms with Gasteiger partial charge in [0.05, 0.1) is 11.0 Å². The molecule has 23 rings (SSSR count). The molecular weight excluding hydrogens is 1470 g/mol. The molecule has 3 heterocycles. The van der Waals surface area contributed by atoms with Crippen LogP contribution in [0.2, 0.25) is 0 Å². The Morgan fingerprint density at radius 1 is 0.273 bits per heavy atom. The number of para-hydroxylation sites is 4. The Hall–Kier alpha value is -12.5. The van der Waals surface area contributed by atoms with Crippen molar-refractivity contribution in [3.63, 3.8) is 0 Å². The summed E-state index contributed by atoms with van der Waals surface area (Å²) in [5, 5.41) is 7.09. The Morgan fingerprint density at radius 2 is 0.702 bits per heavy atom. The van der Waals surface area contributed by atoms with Crippen LogP contribution in [0.5, 0.6) is 0 Å². The van der Waals surface area contributed by atoms with Gasteiger partial charge in [-0.2, -0.15) is 0 Å². The van der Waals surface area contributed by atoms with Crippen LogP contribution in [0.1, 0.15) is 202 Å². The van der Waals surface area contributed by atoms with Crippen LogP contribution < -0.4 is 4.90 Å². The molecule has 0 saturated heterocycles. The highest BCUT2D eigenvalue weighted by atomic mass is 16.3. The van der Waals surface area contributed by atoms with Crippen LogP contribution in [0.3, 0.4) is 0 Å². The van der Waals surface area contributed by atoms with Crippen LogP contribution in [-0.4, -0.2) is 4.57 Å². The molecule has 0 saturated carbocycles. The van der Waals surface area contributed by atoms with E-state index in [1.54, 1.807) is 11.1 Å². The van der Waals surface area contributed by atoms with E-state index in [2.05, 4.69) is 370 Å². The van der Waals surface area contributed by atoms with E-state index in [4.69, 9.17) is 8.83 Å². The third-order valence-corrected chi connectivity index (χ3v) is 29.8. The first-order valence-electron chi connectivity index (χ1n) is 44.9. The first-order chi connectivity index (χ1) is 59.0. The molecule has 0 radical (unpaired) electrons. The maximum atomic E-state index is 7.22. The first kappa shape index (κ1) is 73.6. The molecule has 5 aliphatic rings. The molecule has 5 aliphatic carbocycles. The van der Waals surface area contributed by atoms with Crippen LogP contribution >= 0.6 is 0 Å². The van der Waals surface area contributed by atoms with E-state index >= 15 is 0 Å². The molecular formula is C117H102N2O2. The number of hydrogen-bond acceptors (Lipinski definition) is 3. The topological polar surface area (TPSA) is 34.5 Å². The Balaban J connectivity index is 0.611. The predicted molar refractivity (Wildman–Crippen MR) is 510 cm³/mol. The zero-order valence-electron chi connectivity index (χ0n) is 71.4. The van der Waals surface area contributed by atoms with Gasteiger partial charge in [-0.3, -0.25) is 0 Å². The molecule has 0 bridgehead atoms. The SMILES string of the molecule is CCCCCCCC1(CCCCCCC)c2ccccc2-c2ccc(-c3ccc4c(c3)C(C)(C)c3cc(-c5ccc(-c6cc7c(c8c6oc6ccccc68)-c6ccc(N(c8ccc9c(c8)C(C)(C)c8c%10c(c%11c(oc%12ccccc%12%11)c8-9)-c8ccccc8C%10(C)C)c8ccc9c(c8)c8ccccc8n9-c8ccccc8)cc6C7(C)C)cc5)ccc3-4)cc21. The van der Waals surface area contributed by atoms with E-state index in [0.29, 0.717) is 0 Å². The van der Waals surface area contributed by atoms with E-state index in [1.807, 2.05) is 0 Å². The zero-order valence-corrected chi connectivity index (χ0v) is 71.4. The lowest BCUT2D eigenvalue weighted by molar-refractivity contribution is 0.399. The fourth-order valence-corrected chi connectivity index (χ4v) is 23.8. The number of anilines is 3. The molecule has 18 aromatic rings. The van der Waals surface area contributed by atoms with Gasteiger partial charge in [-0.15, -0.1) is 0 Å². The molecule has 0 atom stereocenters. The maximum absolute atomic E-state index is 7.22. The van der Waals surface area contributed by atoms with Gasteiger partial charge in [0.1, 0.15) is 22.3 Å². The third-order valence-electron chi connectivity index (χ3n) is 29.8. The third kappa shape index (κ3) is 10.7. The number of unbranched alkanes of at least 4 members (excludes halogenated alkanes) is 8.